The molecule has 2 saturated heterocycles. The highest BCUT2D eigenvalue weighted by atomic mass is 15.2. The molecule has 4 heteroatoms. The fraction of sp³-hybridized carbons (Fsp3) is 0.692. The third kappa shape index (κ3) is 2.41. The molecule has 2 aliphatic rings. The van der Waals surface area contributed by atoms with Gasteiger partial charge in [0, 0.05) is 31.5 Å². The molecule has 0 radical (unpaired) electrons. The quantitative estimate of drug-likeness (QED) is 0.838. The molecule has 0 saturated carbocycles. The molecule has 3 heterocycles. The van der Waals surface area contributed by atoms with Gasteiger partial charge in [-0.2, -0.15) is 0 Å². The molecule has 2 atom stereocenters. The van der Waals surface area contributed by atoms with Crippen LogP contribution >= 0.6 is 0 Å². The molecule has 2 aliphatic heterocycles. The fourth-order valence-corrected chi connectivity index (χ4v) is 3.11. The van der Waals surface area contributed by atoms with E-state index in [2.05, 4.69) is 20.2 Å². The summed E-state index contributed by atoms with van der Waals surface area (Å²) in [6, 6.07) is 0.731. The average molecular weight is 232 g/mol. The molecule has 4 nitrogen and oxygen atoms in total. The Labute approximate surface area is 102 Å². The lowest BCUT2D eigenvalue weighted by Gasteiger charge is -2.36. The highest BCUT2D eigenvalue weighted by molar-refractivity contribution is 5.35. The monoisotopic (exact) mass is 232 g/mol. The van der Waals surface area contributed by atoms with Crippen LogP contribution in [0.2, 0.25) is 0 Å². The zero-order chi connectivity index (χ0) is 11.5. The number of anilines is 1. The summed E-state index contributed by atoms with van der Waals surface area (Å²) >= 11 is 0. The first-order chi connectivity index (χ1) is 8.43. The maximum atomic E-state index is 4.41. The van der Waals surface area contributed by atoms with E-state index in [1.54, 1.807) is 12.4 Å². The molecular weight excluding hydrogens is 212 g/mol. The second kappa shape index (κ2) is 5.00. The second-order valence-electron chi connectivity index (χ2n) is 5.11. The molecular formula is C13H20N4. The number of nitrogens with zero attached hydrogens (tertiary/aromatic N) is 3. The van der Waals surface area contributed by atoms with E-state index in [1.807, 2.05) is 6.20 Å². The SMILES string of the molecule is c1cnc(N2CCCC(C3CCCN3)C2)cn1. The van der Waals surface area contributed by atoms with Crippen molar-refractivity contribution in [1.82, 2.24) is 15.3 Å². The molecule has 1 aromatic heterocycles. The van der Waals surface area contributed by atoms with Crippen molar-refractivity contribution >= 4 is 5.82 Å². The highest BCUT2D eigenvalue weighted by Crippen LogP contribution is 2.26. The molecule has 0 spiro atoms. The third-order valence-electron chi connectivity index (χ3n) is 4.00. The van der Waals surface area contributed by atoms with Crippen LogP contribution in [0.1, 0.15) is 25.7 Å². The van der Waals surface area contributed by atoms with Gasteiger partial charge in [-0.25, -0.2) is 4.98 Å². The number of rotatable bonds is 2. The molecule has 1 aromatic rings. The lowest BCUT2D eigenvalue weighted by Crippen LogP contribution is -2.43. The Balaban J connectivity index is 1.67. The zero-order valence-corrected chi connectivity index (χ0v) is 10.2. The van der Waals surface area contributed by atoms with Crippen molar-refractivity contribution in [2.75, 3.05) is 24.5 Å². The van der Waals surface area contributed by atoms with Gasteiger partial charge in [0.2, 0.25) is 0 Å². The lowest BCUT2D eigenvalue weighted by atomic mass is 9.90. The van der Waals surface area contributed by atoms with Gasteiger partial charge in [0.05, 0.1) is 6.20 Å². The van der Waals surface area contributed by atoms with Crippen LogP contribution in [0.4, 0.5) is 5.82 Å². The third-order valence-corrected chi connectivity index (χ3v) is 4.00. The highest BCUT2D eigenvalue weighted by Gasteiger charge is 2.29. The number of nitrogens with one attached hydrogen (secondary N) is 1. The predicted octanol–water partition coefficient (Wildman–Crippen LogP) is 1.44. The van der Waals surface area contributed by atoms with Crippen molar-refractivity contribution in [3.63, 3.8) is 0 Å². The number of piperidine rings is 1. The van der Waals surface area contributed by atoms with Crippen molar-refractivity contribution in [2.45, 2.75) is 31.7 Å². The van der Waals surface area contributed by atoms with E-state index >= 15 is 0 Å². The number of hydrogen-bond acceptors (Lipinski definition) is 4. The molecule has 0 amide bonds. The molecule has 0 aromatic carbocycles. The van der Waals surface area contributed by atoms with Crippen LogP contribution in [-0.4, -0.2) is 35.6 Å². The van der Waals surface area contributed by atoms with Crippen LogP contribution in [-0.2, 0) is 0 Å². The minimum atomic E-state index is 0.731. The van der Waals surface area contributed by atoms with Gasteiger partial charge in [0.15, 0.2) is 0 Å². The van der Waals surface area contributed by atoms with E-state index < -0.39 is 0 Å². The van der Waals surface area contributed by atoms with Gasteiger partial charge >= 0.3 is 0 Å². The molecule has 0 aliphatic carbocycles. The molecule has 0 bridgehead atoms. The molecule has 92 valence electrons. The van der Waals surface area contributed by atoms with E-state index in [-0.39, 0.29) is 0 Å². The van der Waals surface area contributed by atoms with Gasteiger partial charge < -0.3 is 10.2 Å². The molecule has 17 heavy (non-hydrogen) atoms. The number of aromatic nitrogens is 2. The van der Waals surface area contributed by atoms with Crippen LogP contribution in [0, 0.1) is 5.92 Å². The maximum Gasteiger partial charge on any atom is 0.147 e. The van der Waals surface area contributed by atoms with E-state index in [9.17, 15) is 0 Å². The van der Waals surface area contributed by atoms with Crippen LogP contribution in [0.15, 0.2) is 18.6 Å². The average Bonchev–Trinajstić information content (AvgIpc) is 2.94. The Kier molecular flexibility index (Phi) is 3.22. The Morgan fingerprint density at radius 3 is 3.00 bits per heavy atom. The topological polar surface area (TPSA) is 41.1 Å². The Morgan fingerprint density at radius 2 is 2.24 bits per heavy atom. The van der Waals surface area contributed by atoms with E-state index in [1.165, 1.54) is 32.2 Å². The molecule has 2 unspecified atom stereocenters. The van der Waals surface area contributed by atoms with Crippen molar-refractivity contribution in [1.29, 1.82) is 0 Å². The lowest BCUT2D eigenvalue weighted by molar-refractivity contribution is 0.328. The van der Waals surface area contributed by atoms with E-state index in [4.69, 9.17) is 0 Å². The minimum Gasteiger partial charge on any atom is -0.355 e. The molecule has 2 fully saturated rings. The van der Waals surface area contributed by atoms with Crippen molar-refractivity contribution < 1.29 is 0 Å². The molecule has 3 rings (SSSR count). The van der Waals surface area contributed by atoms with Gasteiger partial charge in [-0.05, 0) is 38.1 Å². The van der Waals surface area contributed by atoms with Crippen LogP contribution in [0.3, 0.4) is 0 Å². The summed E-state index contributed by atoms with van der Waals surface area (Å²) in [5, 5.41) is 3.64. The maximum absolute atomic E-state index is 4.41. The van der Waals surface area contributed by atoms with Crippen LogP contribution in [0.5, 0.6) is 0 Å². The van der Waals surface area contributed by atoms with Crippen LogP contribution < -0.4 is 10.2 Å². The summed E-state index contributed by atoms with van der Waals surface area (Å²) in [5.74, 6) is 1.82. The fourth-order valence-electron chi connectivity index (χ4n) is 3.11. The van der Waals surface area contributed by atoms with Crippen molar-refractivity contribution in [3.05, 3.63) is 18.6 Å². The largest absolute Gasteiger partial charge is 0.355 e. The Morgan fingerprint density at radius 1 is 1.24 bits per heavy atom. The summed E-state index contributed by atoms with van der Waals surface area (Å²) < 4.78 is 0. The summed E-state index contributed by atoms with van der Waals surface area (Å²) in [6.07, 6.45) is 10.7. The first kappa shape index (κ1) is 11.0. The Bertz CT molecular complexity index is 348. The zero-order valence-electron chi connectivity index (χ0n) is 10.2. The second-order valence-corrected chi connectivity index (χ2v) is 5.11. The first-order valence-corrected chi connectivity index (χ1v) is 6.68. The predicted molar refractivity (Wildman–Crippen MR) is 68.0 cm³/mol. The van der Waals surface area contributed by atoms with Gasteiger partial charge in [-0.3, -0.25) is 4.98 Å². The standard InChI is InChI=1S/C13H20N4/c1-4-12(15-5-1)11-3-2-8-17(10-11)13-9-14-6-7-16-13/h6-7,9,11-12,15H,1-5,8,10H2. The van der Waals surface area contributed by atoms with E-state index in [0.717, 1.165) is 30.9 Å². The number of hydrogen-bond donors (Lipinski definition) is 1. The van der Waals surface area contributed by atoms with E-state index in [0.29, 0.717) is 0 Å². The normalized spacial score (nSPS) is 29.5. The summed E-state index contributed by atoms with van der Waals surface area (Å²) in [6.45, 7) is 3.46. The van der Waals surface area contributed by atoms with Gasteiger partial charge in [0.25, 0.3) is 0 Å². The first-order valence-electron chi connectivity index (χ1n) is 6.68. The summed E-state index contributed by atoms with van der Waals surface area (Å²) in [7, 11) is 0. The van der Waals surface area contributed by atoms with Gasteiger partial charge in [-0.1, -0.05) is 0 Å². The summed E-state index contributed by atoms with van der Waals surface area (Å²) in [5.41, 5.74) is 0. The summed E-state index contributed by atoms with van der Waals surface area (Å²) in [4.78, 5) is 11.0. The Hall–Kier alpha value is -1.16. The smallest absolute Gasteiger partial charge is 0.147 e. The van der Waals surface area contributed by atoms with Gasteiger partial charge in [-0.15, -0.1) is 0 Å². The molecule has 1 N–H and O–H groups in total. The van der Waals surface area contributed by atoms with Gasteiger partial charge in [0.1, 0.15) is 5.82 Å². The van der Waals surface area contributed by atoms with Crippen molar-refractivity contribution in [3.8, 4) is 0 Å². The van der Waals surface area contributed by atoms with Crippen LogP contribution in [0.25, 0.3) is 0 Å². The van der Waals surface area contributed by atoms with Crippen molar-refractivity contribution in [2.24, 2.45) is 5.92 Å². The minimum absolute atomic E-state index is 0.731.